The SMILES string of the molecule is CCOC(=O)C1CCN(Cc2c(-c3ccc(OCC)cc3)nc3ccc(N)cn23)CC1. The van der Waals surface area contributed by atoms with Crippen molar-refractivity contribution in [1.82, 2.24) is 14.3 Å². The van der Waals surface area contributed by atoms with Gasteiger partial charge < -0.3 is 19.6 Å². The van der Waals surface area contributed by atoms with Crippen molar-refractivity contribution in [2.24, 2.45) is 5.92 Å². The maximum absolute atomic E-state index is 12.1. The molecule has 0 saturated carbocycles. The Morgan fingerprint density at radius 1 is 1.10 bits per heavy atom. The van der Waals surface area contributed by atoms with Crippen LogP contribution in [0.4, 0.5) is 5.69 Å². The van der Waals surface area contributed by atoms with E-state index in [2.05, 4.69) is 9.30 Å². The summed E-state index contributed by atoms with van der Waals surface area (Å²) in [6, 6.07) is 11.9. The molecule has 0 radical (unpaired) electrons. The summed E-state index contributed by atoms with van der Waals surface area (Å²) in [5, 5.41) is 0. The Morgan fingerprint density at radius 2 is 1.84 bits per heavy atom. The van der Waals surface area contributed by atoms with Crippen LogP contribution in [0.5, 0.6) is 5.75 Å². The maximum atomic E-state index is 12.1. The van der Waals surface area contributed by atoms with Gasteiger partial charge in [0.1, 0.15) is 11.4 Å². The summed E-state index contributed by atoms with van der Waals surface area (Å²) in [4.78, 5) is 19.3. The first-order valence-corrected chi connectivity index (χ1v) is 11.0. The highest BCUT2D eigenvalue weighted by Gasteiger charge is 2.27. The number of nitrogens with two attached hydrogens (primary N) is 1. The van der Waals surface area contributed by atoms with Crippen molar-refractivity contribution in [3.05, 3.63) is 48.3 Å². The molecular weight excluding hydrogens is 392 g/mol. The van der Waals surface area contributed by atoms with Gasteiger partial charge in [-0.3, -0.25) is 9.69 Å². The lowest BCUT2D eigenvalue weighted by molar-refractivity contribution is -0.149. The minimum atomic E-state index is -0.0696. The molecule has 0 bridgehead atoms. The van der Waals surface area contributed by atoms with E-state index < -0.39 is 0 Å². The highest BCUT2D eigenvalue weighted by molar-refractivity contribution is 5.72. The fourth-order valence-corrected chi connectivity index (χ4v) is 4.17. The lowest BCUT2D eigenvalue weighted by atomic mass is 9.96. The fourth-order valence-electron chi connectivity index (χ4n) is 4.17. The summed E-state index contributed by atoms with van der Waals surface area (Å²) in [7, 11) is 0. The zero-order chi connectivity index (χ0) is 21.8. The van der Waals surface area contributed by atoms with E-state index in [-0.39, 0.29) is 11.9 Å². The molecule has 3 heterocycles. The summed E-state index contributed by atoms with van der Waals surface area (Å²) >= 11 is 0. The number of carbonyl (C=O) groups excluding carboxylic acids is 1. The van der Waals surface area contributed by atoms with Crippen molar-refractivity contribution in [2.75, 3.05) is 32.0 Å². The van der Waals surface area contributed by atoms with Crippen LogP contribution in [0, 0.1) is 5.92 Å². The summed E-state index contributed by atoms with van der Waals surface area (Å²) in [6.07, 6.45) is 3.56. The highest BCUT2D eigenvalue weighted by Crippen LogP contribution is 2.29. The standard InChI is InChI=1S/C24H30N4O3/c1-3-30-20-8-5-17(6-9-20)23-21(28-15-19(25)7-10-22(28)26-23)16-27-13-11-18(12-14-27)24(29)31-4-2/h5-10,15,18H,3-4,11-14,16,25H2,1-2H3. The average molecular weight is 423 g/mol. The first-order chi connectivity index (χ1) is 15.1. The van der Waals surface area contributed by atoms with E-state index in [0.717, 1.165) is 60.8 Å². The summed E-state index contributed by atoms with van der Waals surface area (Å²) in [5.41, 5.74) is 10.7. The second-order valence-corrected chi connectivity index (χ2v) is 7.86. The number of anilines is 1. The third-order valence-corrected chi connectivity index (χ3v) is 5.76. The number of nitrogens with zero attached hydrogens (tertiary/aromatic N) is 3. The molecule has 1 fully saturated rings. The first-order valence-electron chi connectivity index (χ1n) is 11.0. The average Bonchev–Trinajstić information content (AvgIpc) is 3.13. The highest BCUT2D eigenvalue weighted by atomic mass is 16.5. The Hall–Kier alpha value is -3.06. The Labute approximate surface area is 182 Å². The van der Waals surface area contributed by atoms with E-state index in [1.807, 2.05) is 56.4 Å². The molecule has 0 aliphatic carbocycles. The number of aromatic nitrogens is 2. The zero-order valence-corrected chi connectivity index (χ0v) is 18.2. The van der Waals surface area contributed by atoms with E-state index in [1.54, 1.807) is 0 Å². The van der Waals surface area contributed by atoms with Gasteiger partial charge in [-0.15, -0.1) is 0 Å². The van der Waals surface area contributed by atoms with Gasteiger partial charge in [-0.25, -0.2) is 4.98 Å². The number of hydrogen-bond acceptors (Lipinski definition) is 6. The van der Waals surface area contributed by atoms with Crippen LogP contribution < -0.4 is 10.5 Å². The molecule has 0 unspecified atom stereocenters. The Balaban J connectivity index is 1.60. The van der Waals surface area contributed by atoms with Gasteiger partial charge in [-0.1, -0.05) is 0 Å². The van der Waals surface area contributed by atoms with Crippen molar-refractivity contribution < 1.29 is 14.3 Å². The van der Waals surface area contributed by atoms with Gasteiger partial charge in [0.05, 0.1) is 30.5 Å². The molecular formula is C24H30N4O3. The van der Waals surface area contributed by atoms with E-state index in [0.29, 0.717) is 18.9 Å². The molecule has 3 aromatic rings. The molecule has 0 spiro atoms. The van der Waals surface area contributed by atoms with Crippen LogP contribution in [-0.4, -0.2) is 46.6 Å². The largest absolute Gasteiger partial charge is 0.494 e. The zero-order valence-electron chi connectivity index (χ0n) is 18.2. The number of likely N-dealkylation sites (tertiary alicyclic amines) is 1. The van der Waals surface area contributed by atoms with E-state index in [1.165, 1.54) is 0 Å². The maximum Gasteiger partial charge on any atom is 0.309 e. The number of fused-ring (bicyclic) bond motifs is 1. The van der Waals surface area contributed by atoms with Gasteiger partial charge in [0, 0.05) is 24.0 Å². The van der Waals surface area contributed by atoms with Gasteiger partial charge in [-0.2, -0.15) is 0 Å². The van der Waals surface area contributed by atoms with Crippen molar-refractivity contribution in [2.45, 2.75) is 33.2 Å². The number of rotatable bonds is 7. The van der Waals surface area contributed by atoms with E-state index in [4.69, 9.17) is 20.2 Å². The first kappa shape index (κ1) is 21.2. The normalized spacial score (nSPS) is 15.3. The van der Waals surface area contributed by atoms with Gasteiger partial charge in [0.15, 0.2) is 0 Å². The molecule has 164 valence electrons. The summed E-state index contributed by atoms with van der Waals surface area (Å²) in [6.45, 7) is 7.34. The quantitative estimate of drug-likeness (QED) is 0.584. The van der Waals surface area contributed by atoms with Gasteiger partial charge in [-0.05, 0) is 76.2 Å². The number of pyridine rings is 1. The molecule has 31 heavy (non-hydrogen) atoms. The monoisotopic (exact) mass is 422 g/mol. The van der Waals surface area contributed by atoms with Crippen LogP contribution in [0.25, 0.3) is 16.9 Å². The number of nitrogen functional groups attached to an aromatic ring is 1. The fraction of sp³-hybridized carbons (Fsp3) is 0.417. The number of ether oxygens (including phenoxy) is 2. The third kappa shape index (κ3) is 4.66. The number of esters is 1. The topological polar surface area (TPSA) is 82.1 Å². The summed E-state index contributed by atoms with van der Waals surface area (Å²) < 4.78 is 12.9. The third-order valence-electron chi connectivity index (χ3n) is 5.76. The van der Waals surface area contributed by atoms with Gasteiger partial charge in [0.2, 0.25) is 0 Å². The smallest absolute Gasteiger partial charge is 0.309 e. The number of piperidine rings is 1. The molecule has 7 nitrogen and oxygen atoms in total. The molecule has 7 heteroatoms. The summed E-state index contributed by atoms with van der Waals surface area (Å²) in [5.74, 6) is 0.779. The number of carbonyl (C=O) groups is 1. The molecule has 2 aromatic heterocycles. The molecule has 1 aliphatic rings. The van der Waals surface area contributed by atoms with Crippen LogP contribution in [0.2, 0.25) is 0 Å². The number of imidazole rings is 1. The predicted octanol–water partition coefficient (Wildman–Crippen LogP) is 3.76. The predicted molar refractivity (Wildman–Crippen MR) is 121 cm³/mol. The Bertz CT molecular complexity index is 1040. The van der Waals surface area contributed by atoms with Crippen LogP contribution in [0.1, 0.15) is 32.4 Å². The van der Waals surface area contributed by atoms with Crippen molar-refractivity contribution in [3.8, 4) is 17.0 Å². The number of benzene rings is 1. The minimum absolute atomic E-state index is 0.000362. The van der Waals surface area contributed by atoms with Gasteiger partial charge in [0.25, 0.3) is 0 Å². The van der Waals surface area contributed by atoms with Crippen LogP contribution in [0.15, 0.2) is 42.6 Å². The van der Waals surface area contributed by atoms with E-state index >= 15 is 0 Å². The molecule has 4 rings (SSSR count). The Morgan fingerprint density at radius 3 is 2.52 bits per heavy atom. The van der Waals surface area contributed by atoms with Crippen LogP contribution >= 0.6 is 0 Å². The van der Waals surface area contributed by atoms with E-state index in [9.17, 15) is 4.79 Å². The molecule has 0 atom stereocenters. The molecule has 1 aromatic carbocycles. The molecule has 1 aliphatic heterocycles. The molecule has 1 saturated heterocycles. The second kappa shape index (κ2) is 9.39. The van der Waals surface area contributed by atoms with Crippen molar-refractivity contribution in [3.63, 3.8) is 0 Å². The van der Waals surface area contributed by atoms with Crippen LogP contribution in [0.3, 0.4) is 0 Å². The van der Waals surface area contributed by atoms with Crippen LogP contribution in [-0.2, 0) is 16.1 Å². The molecule has 2 N–H and O–H groups in total. The minimum Gasteiger partial charge on any atom is -0.494 e. The second-order valence-electron chi connectivity index (χ2n) is 7.86. The molecule has 0 amide bonds. The lowest BCUT2D eigenvalue weighted by Crippen LogP contribution is -2.36. The lowest BCUT2D eigenvalue weighted by Gasteiger charge is -2.30. The Kier molecular flexibility index (Phi) is 6.42. The van der Waals surface area contributed by atoms with Crippen molar-refractivity contribution in [1.29, 1.82) is 0 Å². The van der Waals surface area contributed by atoms with Gasteiger partial charge >= 0.3 is 5.97 Å². The van der Waals surface area contributed by atoms with Crippen molar-refractivity contribution >= 4 is 17.3 Å². The number of hydrogen-bond donors (Lipinski definition) is 1.